The molecule has 4 nitrogen and oxygen atoms in total. The van der Waals surface area contributed by atoms with E-state index >= 15 is 0 Å². The van der Waals surface area contributed by atoms with Crippen LogP contribution >= 0.6 is 0 Å². The van der Waals surface area contributed by atoms with Gasteiger partial charge in [-0.2, -0.15) is 8.78 Å². The monoisotopic (exact) mass is 242 g/mol. The first-order valence-electron chi connectivity index (χ1n) is 5.02. The molecule has 0 aliphatic rings. The molecule has 0 atom stereocenters. The third-order valence-electron chi connectivity index (χ3n) is 1.93. The molecule has 0 aliphatic heterocycles. The van der Waals surface area contributed by atoms with Crippen LogP contribution in [0, 0.1) is 0 Å². The number of alkyl halides is 2. The van der Waals surface area contributed by atoms with E-state index in [0.29, 0.717) is 12.1 Å². The summed E-state index contributed by atoms with van der Waals surface area (Å²) in [5.41, 5.74) is 0.470. The van der Waals surface area contributed by atoms with Gasteiger partial charge in [-0.15, -0.1) is 0 Å². The van der Waals surface area contributed by atoms with Gasteiger partial charge in [0.15, 0.2) is 0 Å². The SMILES string of the molecule is CCNC(=O)c1cccc(NC(=O)C(F)F)c1. The lowest BCUT2D eigenvalue weighted by molar-refractivity contribution is -0.126. The minimum Gasteiger partial charge on any atom is -0.352 e. The van der Waals surface area contributed by atoms with Gasteiger partial charge in [0.05, 0.1) is 0 Å². The van der Waals surface area contributed by atoms with Crippen molar-refractivity contribution < 1.29 is 18.4 Å². The van der Waals surface area contributed by atoms with Crippen molar-refractivity contribution in [2.75, 3.05) is 11.9 Å². The van der Waals surface area contributed by atoms with E-state index in [1.54, 1.807) is 6.92 Å². The first-order chi connectivity index (χ1) is 8.04. The van der Waals surface area contributed by atoms with E-state index in [2.05, 4.69) is 5.32 Å². The minimum atomic E-state index is -3.08. The van der Waals surface area contributed by atoms with Crippen LogP contribution in [-0.4, -0.2) is 24.8 Å². The molecule has 0 radical (unpaired) electrons. The van der Waals surface area contributed by atoms with Crippen molar-refractivity contribution >= 4 is 17.5 Å². The van der Waals surface area contributed by atoms with Crippen LogP contribution in [0.4, 0.5) is 14.5 Å². The van der Waals surface area contributed by atoms with Gasteiger partial charge in [0.25, 0.3) is 11.8 Å². The number of nitrogens with one attached hydrogen (secondary N) is 2. The Kier molecular flexibility index (Phi) is 4.56. The zero-order chi connectivity index (χ0) is 12.8. The Morgan fingerprint density at radius 3 is 2.65 bits per heavy atom. The highest BCUT2D eigenvalue weighted by atomic mass is 19.3. The molecule has 92 valence electrons. The average Bonchev–Trinajstić information content (AvgIpc) is 2.29. The van der Waals surface area contributed by atoms with E-state index in [1.165, 1.54) is 24.3 Å². The quantitative estimate of drug-likeness (QED) is 0.843. The van der Waals surface area contributed by atoms with Gasteiger partial charge in [0, 0.05) is 17.8 Å². The lowest BCUT2D eigenvalue weighted by Crippen LogP contribution is -2.23. The van der Waals surface area contributed by atoms with Crippen LogP contribution in [0.25, 0.3) is 0 Å². The summed E-state index contributed by atoms with van der Waals surface area (Å²) in [6.45, 7) is 2.23. The summed E-state index contributed by atoms with van der Waals surface area (Å²) in [6, 6.07) is 5.81. The van der Waals surface area contributed by atoms with E-state index in [4.69, 9.17) is 0 Å². The maximum absolute atomic E-state index is 12.0. The third-order valence-corrected chi connectivity index (χ3v) is 1.93. The van der Waals surface area contributed by atoms with Crippen molar-refractivity contribution in [3.05, 3.63) is 29.8 Å². The average molecular weight is 242 g/mol. The van der Waals surface area contributed by atoms with Gasteiger partial charge in [-0.1, -0.05) is 6.07 Å². The van der Waals surface area contributed by atoms with Crippen LogP contribution in [-0.2, 0) is 4.79 Å². The molecule has 0 fully saturated rings. The van der Waals surface area contributed by atoms with Crippen molar-refractivity contribution in [3.63, 3.8) is 0 Å². The smallest absolute Gasteiger partial charge is 0.315 e. The van der Waals surface area contributed by atoms with Gasteiger partial charge >= 0.3 is 6.43 Å². The Hall–Kier alpha value is -1.98. The largest absolute Gasteiger partial charge is 0.352 e. The van der Waals surface area contributed by atoms with Crippen LogP contribution in [0.5, 0.6) is 0 Å². The number of benzene rings is 1. The highest BCUT2D eigenvalue weighted by Gasteiger charge is 2.15. The molecule has 2 amide bonds. The van der Waals surface area contributed by atoms with Gasteiger partial charge in [0.2, 0.25) is 0 Å². The third kappa shape index (κ3) is 3.82. The summed E-state index contributed by atoms with van der Waals surface area (Å²) in [6.07, 6.45) is -3.08. The molecule has 0 heterocycles. The normalized spacial score (nSPS) is 10.1. The summed E-state index contributed by atoms with van der Waals surface area (Å²) in [7, 11) is 0. The van der Waals surface area contributed by atoms with Gasteiger partial charge in [0.1, 0.15) is 0 Å². The molecule has 2 N–H and O–H groups in total. The topological polar surface area (TPSA) is 58.2 Å². The molecule has 0 saturated heterocycles. The predicted molar refractivity (Wildman–Crippen MR) is 59.1 cm³/mol. The molecule has 1 aromatic carbocycles. The minimum absolute atomic E-state index is 0.166. The van der Waals surface area contributed by atoms with Crippen molar-refractivity contribution in [1.82, 2.24) is 5.32 Å². The fraction of sp³-hybridized carbons (Fsp3) is 0.273. The summed E-state index contributed by atoms with van der Waals surface area (Å²) in [5, 5.41) is 4.58. The van der Waals surface area contributed by atoms with E-state index < -0.39 is 12.3 Å². The molecule has 17 heavy (non-hydrogen) atoms. The summed E-state index contributed by atoms with van der Waals surface area (Å²) in [5.74, 6) is -1.71. The van der Waals surface area contributed by atoms with E-state index in [9.17, 15) is 18.4 Å². The van der Waals surface area contributed by atoms with Crippen molar-refractivity contribution in [2.45, 2.75) is 13.3 Å². The molecule has 1 rings (SSSR count). The fourth-order valence-corrected chi connectivity index (χ4v) is 1.20. The first kappa shape index (κ1) is 13.1. The zero-order valence-electron chi connectivity index (χ0n) is 9.17. The fourth-order valence-electron chi connectivity index (χ4n) is 1.20. The molecule has 0 unspecified atom stereocenters. The first-order valence-corrected chi connectivity index (χ1v) is 5.02. The lowest BCUT2D eigenvalue weighted by Gasteiger charge is -2.06. The molecule has 0 saturated carbocycles. The van der Waals surface area contributed by atoms with Crippen molar-refractivity contribution in [2.24, 2.45) is 0 Å². The second-order valence-electron chi connectivity index (χ2n) is 3.23. The summed E-state index contributed by atoms with van der Waals surface area (Å²) < 4.78 is 24.0. The lowest BCUT2D eigenvalue weighted by atomic mass is 10.2. The maximum Gasteiger partial charge on any atom is 0.315 e. The number of hydrogen-bond acceptors (Lipinski definition) is 2. The molecule has 1 aromatic rings. The van der Waals surface area contributed by atoms with E-state index in [-0.39, 0.29) is 11.6 Å². The summed E-state index contributed by atoms with van der Waals surface area (Å²) >= 11 is 0. The Bertz CT molecular complexity index is 422. The second-order valence-corrected chi connectivity index (χ2v) is 3.23. The van der Waals surface area contributed by atoms with Gasteiger partial charge in [-0.05, 0) is 25.1 Å². The number of hydrogen-bond donors (Lipinski definition) is 2. The number of halogens is 2. The van der Waals surface area contributed by atoms with E-state index in [1.807, 2.05) is 5.32 Å². The maximum atomic E-state index is 12.0. The van der Waals surface area contributed by atoms with E-state index in [0.717, 1.165) is 0 Å². The van der Waals surface area contributed by atoms with Crippen LogP contribution in [0.1, 0.15) is 17.3 Å². The predicted octanol–water partition coefficient (Wildman–Crippen LogP) is 1.64. The molecule has 0 aromatic heterocycles. The molecule has 0 bridgehead atoms. The number of amides is 2. The molecule has 0 spiro atoms. The molecule has 6 heteroatoms. The van der Waals surface area contributed by atoms with Gasteiger partial charge in [-0.3, -0.25) is 9.59 Å². The number of rotatable bonds is 4. The van der Waals surface area contributed by atoms with Crippen molar-refractivity contribution in [1.29, 1.82) is 0 Å². The number of carbonyl (C=O) groups is 2. The molecular formula is C11H12F2N2O2. The van der Waals surface area contributed by atoms with Crippen LogP contribution in [0.2, 0.25) is 0 Å². The Morgan fingerprint density at radius 2 is 2.06 bits per heavy atom. The standard InChI is InChI=1S/C11H12F2N2O2/c1-2-14-10(16)7-4-3-5-8(6-7)15-11(17)9(12)13/h3-6,9H,2H2,1H3,(H,14,16)(H,15,17). The van der Waals surface area contributed by atoms with Crippen molar-refractivity contribution in [3.8, 4) is 0 Å². The van der Waals surface area contributed by atoms with Gasteiger partial charge < -0.3 is 10.6 Å². The molecule has 0 aliphatic carbocycles. The van der Waals surface area contributed by atoms with Crippen LogP contribution in [0.15, 0.2) is 24.3 Å². The Labute approximate surface area is 97.0 Å². The van der Waals surface area contributed by atoms with Gasteiger partial charge in [-0.25, -0.2) is 0 Å². The number of carbonyl (C=O) groups excluding carboxylic acids is 2. The van der Waals surface area contributed by atoms with Crippen LogP contribution < -0.4 is 10.6 Å². The highest BCUT2D eigenvalue weighted by Crippen LogP contribution is 2.11. The Morgan fingerprint density at radius 1 is 1.35 bits per heavy atom. The molecular weight excluding hydrogens is 230 g/mol. The summed E-state index contributed by atoms with van der Waals surface area (Å²) in [4.78, 5) is 22.2. The van der Waals surface area contributed by atoms with Crippen LogP contribution in [0.3, 0.4) is 0 Å². The zero-order valence-corrected chi connectivity index (χ0v) is 9.17. The highest BCUT2D eigenvalue weighted by molar-refractivity contribution is 5.97. The number of anilines is 1. The second kappa shape index (κ2) is 5.93. The Balaban J connectivity index is 2.79.